The summed E-state index contributed by atoms with van der Waals surface area (Å²) in [4.78, 5) is 13.8. The molecule has 1 aromatic heterocycles. The second-order valence-electron chi connectivity index (χ2n) is 7.11. The highest BCUT2D eigenvalue weighted by Crippen LogP contribution is 2.37. The fraction of sp³-hybridized carbons (Fsp3) is 0.429. The summed E-state index contributed by atoms with van der Waals surface area (Å²) in [6.45, 7) is 0.798. The molecule has 0 spiro atoms. The molecule has 0 saturated carbocycles. The molecule has 2 aromatic rings. The van der Waals surface area contributed by atoms with Gasteiger partial charge in [0.25, 0.3) is 0 Å². The Bertz CT molecular complexity index is 926. The van der Waals surface area contributed by atoms with Crippen molar-refractivity contribution in [2.24, 2.45) is 0 Å². The predicted octanol–water partition coefficient (Wildman–Crippen LogP) is 4.41. The summed E-state index contributed by atoms with van der Waals surface area (Å²) in [6, 6.07) is 5.80. The molecule has 0 radical (unpaired) electrons. The molecule has 0 fully saturated rings. The minimum absolute atomic E-state index is 0.255. The molecule has 8 heteroatoms. The van der Waals surface area contributed by atoms with E-state index in [1.807, 2.05) is 18.2 Å². The number of esters is 1. The Labute approximate surface area is 179 Å². The number of thiocarbonyl (C=S) groups is 1. The molecule has 154 valence electrons. The molecule has 0 bridgehead atoms. The van der Waals surface area contributed by atoms with Gasteiger partial charge in [-0.15, -0.1) is 11.3 Å². The molecule has 1 aliphatic carbocycles. The highest BCUT2D eigenvalue weighted by atomic mass is 32.1. The Hall–Kier alpha value is -2.32. The third-order valence-electron chi connectivity index (χ3n) is 5.18. The van der Waals surface area contributed by atoms with Gasteiger partial charge in [0.05, 0.1) is 12.7 Å². The molecule has 0 atom stereocenters. The lowest BCUT2D eigenvalue weighted by Crippen LogP contribution is -2.28. The monoisotopic (exact) mass is 432 g/mol. The van der Waals surface area contributed by atoms with Gasteiger partial charge in [0.1, 0.15) is 5.00 Å². The normalized spacial score (nSPS) is 15.1. The molecular formula is C21H24N2O4S2. The SMILES string of the molecule is COC(=O)c1c(NC(=S)NCc2ccc3c(c2)OCO3)sc2c1CCCCCC2. The van der Waals surface area contributed by atoms with Gasteiger partial charge in [-0.05, 0) is 61.2 Å². The van der Waals surface area contributed by atoms with E-state index in [4.69, 9.17) is 26.4 Å². The molecule has 29 heavy (non-hydrogen) atoms. The maximum atomic E-state index is 12.5. The van der Waals surface area contributed by atoms with E-state index in [2.05, 4.69) is 10.6 Å². The number of methoxy groups -OCH3 is 1. The van der Waals surface area contributed by atoms with E-state index in [9.17, 15) is 4.79 Å². The number of anilines is 1. The smallest absolute Gasteiger partial charge is 0.341 e. The van der Waals surface area contributed by atoms with Crippen molar-refractivity contribution >= 4 is 39.6 Å². The molecule has 1 aliphatic heterocycles. The van der Waals surface area contributed by atoms with E-state index < -0.39 is 0 Å². The molecule has 0 saturated heterocycles. The van der Waals surface area contributed by atoms with Gasteiger partial charge in [0.2, 0.25) is 6.79 Å². The number of rotatable bonds is 4. The summed E-state index contributed by atoms with van der Waals surface area (Å²) in [5, 5.41) is 7.68. The zero-order valence-electron chi connectivity index (χ0n) is 16.3. The molecular weight excluding hydrogens is 408 g/mol. The van der Waals surface area contributed by atoms with E-state index in [1.54, 1.807) is 11.3 Å². The lowest BCUT2D eigenvalue weighted by Gasteiger charge is -2.12. The van der Waals surface area contributed by atoms with Gasteiger partial charge < -0.3 is 24.8 Å². The molecule has 1 aromatic carbocycles. The third-order valence-corrected chi connectivity index (χ3v) is 6.63. The summed E-state index contributed by atoms with van der Waals surface area (Å²) >= 11 is 7.11. The minimum atomic E-state index is -0.302. The Kier molecular flexibility index (Phi) is 6.20. The molecule has 4 rings (SSSR count). The summed E-state index contributed by atoms with van der Waals surface area (Å²) in [5.41, 5.74) is 2.80. The second-order valence-corrected chi connectivity index (χ2v) is 8.62. The van der Waals surface area contributed by atoms with Crippen LogP contribution >= 0.6 is 23.6 Å². The first-order valence-electron chi connectivity index (χ1n) is 9.82. The molecule has 0 amide bonds. The zero-order chi connectivity index (χ0) is 20.2. The lowest BCUT2D eigenvalue weighted by molar-refractivity contribution is 0.0601. The number of hydrogen-bond acceptors (Lipinski definition) is 6. The van der Waals surface area contributed by atoms with Gasteiger partial charge >= 0.3 is 5.97 Å². The minimum Gasteiger partial charge on any atom is -0.465 e. The maximum Gasteiger partial charge on any atom is 0.341 e. The summed E-state index contributed by atoms with van der Waals surface area (Å²) in [6.07, 6.45) is 6.61. The van der Waals surface area contributed by atoms with E-state index in [-0.39, 0.29) is 12.8 Å². The van der Waals surface area contributed by atoms with Crippen molar-refractivity contribution in [2.45, 2.75) is 45.1 Å². The molecule has 0 unspecified atom stereocenters. The van der Waals surface area contributed by atoms with Gasteiger partial charge in [-0.2, -0.15) is 0 Å². The van der Waals surface area contributed by atoms with E-state index in [0.717, 1.165) is 53.3 Å². The Morgan fingerprint density at radius 2 is 1.97 bits per heavy atom. The van der Waals surface area contributed by atoms with Crippen molar-refractivity contribution in [3.8, 4) is 11.5 Å². The zero-order valence-corrected chi connectivity index (χ0v) is 18.0. The lowest BCUT2D eigenvalue weighted by atomic mass is 9.96. The number of ether oxygens (including phenoxy) is 3. The number of benzene rings is 1. The summed E-state index contributed by atoms with van der Waals surface area (Å²) in [7, 11) is 1.43. The van der Waals surface area contributed by atoms with Crippen LogP contribution in [0.5, 0.6) is 11.5 Å². The Morgan fingerprint density at radius 3 is 2.79 bits per heavy atom. The van der Waals surface area contributed by atoms with Gasteiger partial charge in [0, 0.05) is 11.4 Å². The number of thiophene rings is 1. The van der Waals surface area contributed by atoms with Crippen LogP contribution in [-0.4, -0.2) is 25.0 Å². The number of aryl methyl sites for hydroxylation is 1. The van der Waals surface area contributed by atoms with Crippen LogP contribution in [0.4, 0.5) is 5.00 Å². The molecule has 2 aliphatic rings. The van der Waals surface area contributed by atoms with E-state index in [1.165, 1.54) is 24.8 Å². The topological polar surface area (TPSA) is 68.8 Å². The molecule has 6 nitrogen and oxygen atoms in total. The highest BCUT2D eigenvalue weighted by Gasteiger charge is 2.25. The van der Waals surface area contributed by atoms with Gasteiger partial charge in [-0.3, -0.25) is 0 Å². The van der Waals surface area contributed by atoms with Crippen LogP contribution < -0.4 is 20.1 Å². The van der Waals surface area contributed by atoms with Crippen molar-refractivity contribution in [3.05, 3.63) is 39.8 Å². The van der Waals surface area contributed by atoms with Crippen molar-refractivity contribution in [1.82, 2.24) is 5.32 Å². The Balaban J connectivity index is 1.47. The molecule has 2 heterocycles. The fourth-order valence-corrected chi connectivity index (χ4v) is 5.23. The molecule has 2 N–H and O–H groups in total. The van der Waals surface area contributed by atoms with Crippen molar-refractivity contribution in [1.29, 1.82) is 0 Å². The van der Waals surface area contributed by atoms with Crippen molar-refractivity contribution in [2.75, 3.05) is 19.2 Å². The van der Waals surface area contributed by atoms with E-state index >= 15 is 0 Å². The van der Waals surface area contributed by atoms with Crippen LogP contribution in [0.25, 0.3) is 0 Å². The summed E-state index contributed by atoms with van der Waals surface area (Å²) < 4.78 is 15.8. The number of hydrogen-bond donors (Lipinski definition) is 2. The average Bonchev–Trinajstić information content (AvgIpc) is 3.30. The van der Waals surface area contributed by atoms with Gasteiger partial charge in [-0.1, -0.05) is 18.9 Å². The average molecular weight is 433 g/mol. The summed E-state index contributed by atoms with van der Waals surface area (Å²) in [5.74, 6) is 1.20. The van der Waals surface area contributed by atoms with Crippen LogP contribution in [0.2, 0.25) is 0 Å². The van der Waals surface area contributed by atoms with Crippen LogP contribution in [-0.2, 0) is 24.1 Å². The number of fused-ring (bicyclic) bond motifs is 2. The van der Waals surface area contributed by atoms with Crippen LogP contribution in [0.1, 0.15) is 52.0 Å². The largest absolute Gasteiger partial charge is 0.465 e. The maximum absolute atomic E-state index is 12.5. The second kappa shape index (κ2) is 9.00. The highest BCUT2D eigenvalue weighted by molar-refractivity contribution is 7.80. The van der Waals surface area contributed by atoms with Crippen LogP contribution in [0.15, 0.2) is 18.2 Å². The predicted molar refractivity (Wildman–Crippen MR) is 117 cm³/mol. The van der Waals surface area contributed by atoms with Crippen LogP contribution in [0, 0.1) is 0 Å². The third kappa shape index (κ3) is 4.48. The number of carbonyl (C=O) groups is 1. The van der Waals surface area contributed by atoms with E-state index in [0.29, 0.717) is 17.2 Å². The Morgan fingerprint density at radius 1 is 1.17 bits per heavy atom. The van der Waals surface area contributed by atoms with Gasteiger partial charge in [0.15, 0.2) is 16.6 Å². The van der Waals surface area contributed by atoms with Crippen LogP contribution in [0.3, 0.4) is 0 Å². The quantitative estimate of drug-likeness (QED) is 0.548. The standard InChI is InChI=1S/C21H24N2O4S2/c1-25-20(24)18-14-6-4-2-3-5-7-17(14)29-19(18)23-21(28)22-11-13-8-9-15-16(10-13)27-12-26-15/h8-10H,2-7,11-12H2,1H3,(H2,22,23,28). The fourth-order valence-electron chi connectivity index (χ4n) is 3.71. The van der Waals surface area contributed by atoms with Gasteiger partial charge in [-0.25, -0.2) is 4.79 Å². The number of nitrogens with one attached hydrogen (secondary N) is 2. The van der Waals surface area contributed by atoms with Crippen molar-refractivity contribution < 1.29 is 19.0 Å². The first kappa shape index (κ1) is 20.0. The number of carbonyl (C=O) groups excluding carboxylic acids is 1. The first-order valence-corrected chi connectivity index (χ1v) is 11.0. The first-order chi connectivity index (χ1) is 14.2. The van der Waals surface area contributed by atoms with Crippen molar-refractivity contribution in [3.63, 3.8) is 0 Å².